The van der Waals surface area contributed by atoms with Gasteiger partial charge < -0.3 is 0 Å². The number of rotatable bonds is 3. The fourth-order valence-corrected chi connectivity index (χ4v) is 2.58. The molecule has 0 saturated carbocycles. The van der Waals surface area contributed by atoms with Crippen molar-refractivity contribution < 1.29 is 0 Å². The molecule has 0 amide bonds. The van der Waals surface area contributed by atoms with Crippen molar-refractivity contribution >= 4 is 27.5 Å². The van der Waals surface area contributed by atoms with Crippen LogP contribution in [0.4, 0.5) is 0 Å². The summed E-state index contributed by atoms with van der Waals surface area (Å²) in [5.41, 5.74) is 1.14. The molecule has 0 radical (unpaired) electrons. The quantitative estimate of drug-likeness (QED) is 0.743. The molecule has 0 aliphatic heterocycles. The molecule has 2 unspecified atom stereocenters. The zero-order chi connectivity index (χ0) is 9.14. The van der Waals surface area contributed by atoms with Crippen LogP contribution in [0.2, 0.25) is 0 Å². The molecule has 0 bridgehead atoms. The summed E-state index contributed by atoms with van der Waals surface area (Å²) in [5, 5.41) is 0. The van der Waals surface area contributed by atoms with E-state index in [1.54, 1.807) is 11.5 Å². The Balaban J connectivity index is 2.58. The van der Waals surface area contributed by atoms with Crippen LogP contribution in [0.5, 0.6) is 0 Å². The molecule has 0 aromatic carbocycles. The highest BCUT2D eigenvalue weighted by Gasteiger charge is 2.10. The number of aromatic nitrogens is 1. The minimum absolute atomic E-state index is 0.593. The van der Waals surface area contributed by atoms with E-state index in [2.05, 4.69) is 40.2 Å². The van der Waals surface area contributed by atoms with Crippen LogP contribution < -0.4 is 0 Å². The van der Waals surface area contributed by atoms with Gasteiger partial charge in [-0.25, -0.2) is 0 Å². The fourth-order valence-electron chi connectivity index (χ4n) is 1.22. The predicted molar refractivity (Wildman–Crippen MR) is 58.3 cm³/mol. The molecule has 2 atom stereocenters. The van der Waals surface area contributed by atoms with E-state index in [-0.39, 0.29) is 0 Å². The third-order valence-electron chi connectivity index (χ3n) is 1.81. The average Bonchev–Trinajstić information content (AvgIpc) is 2.34. The highest BCUT2D eigenvalue weighted by molar-refractivity contribution is 9.09. The Morgan fingerprint density at radius 1 is 1.58 bits per heavy atom. The van der Waals surface area contributed by atoms with E-state index in [0.29, 0.717) is 10.7 Å². The van der Waals surface area contributed by atoms with Crippen molar-refractivity contribution in [2.45, 2.75) is 37.9 Å². The molecule has 0 aliphatic rings. The number of aryl methyl sites for hydroxylation is 1. The molecule has 1 aromatic rings. The van der Waals surface area contributed by atoms with Gasteiger partial charge in [0.25, 0.3) is 0 Å². The number of hydrogen-bond acceptors (Lipinski definition) is 2. The SMILES string of the molecule is Cc1cc(C(C)CC(C)Br)sn1. The summed E-state index contributed by atoms with van der Waals surface area (Å²) in [7, 11) is 0. The van der Waals surface area contributed by atoms with Gasteiger partial charge in [0.2, 0.25) is 0 Å². The minimum Gasteiger partial charge on any atom is -0.198 e. The standard InChI is InChI=1S/C9H14BrNS/c1-6(4-7(2)10)9-5-8(3)11-12-9/h5-7H,4H2,1-3H3. The molecule has 3 heteroatoms. The lowest BCUT2D eigenvalue weighted by molar-refractivity contribution is 0.692. The summed E-state index contributed by atoms with van der Waals surface area (Å²) >= 11 is 5.19. The van der Waals surface area contributed by atoms with Gasteiger partial charge in [-0.15, -0.1) is 0 Å². The molecular weight excluding hydrogens is 234 g/mol. The zero-order valence-corrected chi connectivity index (χ0v) is 10.1. The lowest BCUT2D eigenvalue weighted by Gasteiger charge is -2.09. The Labute approximate surface area is 86.5 Å². The second kappa shape index (κ2) is 4.38. The van der Waals surface area contributed by atoms with Gasteiger partial charge in [-0.1, -0.05) is 29.8 Å². The second-order valence-electron chi connectivity index (χ2n) is 3.29. The molecule has 0 fully saturated rings. The van der Waals surface area contributed by atoms with Crippen LogP contribution in [-0.4, -0.2) is 9.20 Å². The number of halogens is 1. The van der Waals surface area contributed by atoms with Gasteiger partial charge in [-0.3, -0.25) is 0 Å². The highest BCUT2D eigenvalue weighted by Crippen LogP contribution is 2.26. The van der Waals surface area contributed by atoms with Crippen LogP contribution in [0.1, 0.15) is 36.8 Å². The Bertz CT molecular complexity index is 244. The van der Waals surface area contributed by atoms with Gasteiger partial charge >= 0.3 is 0 Å². The molecule has 12 heavy (non-hydrogen) atoms. The number of alkyl halides is 1. The number of nitrogens with zero attached hydrogens (tertiary/aromatic N) is 1. The molecule has 0 N–H and O–H groups in total. The largest absolute Gasteiger partial charge is 0.198 e. The van der Waals surface area contributed by atoms with Crippen LogP contribution in [0.15, 0.2) is 6.07 Å². The maximum Gasteiger partial charge on any atom is 0.0514 e. The van der Waals surface area contributed by atoms with Crippen molar-refractivity contribution in [1.29, 1.82) is 0 Å². The Hall–Kier alpha value is 0.110. The lowest BCUT2D eigenvalue weighted by atomic mass is 10.0. The summed E-state index contributed by atoms with van der Waals surface area (Å²) in [5.74, 6) is 0.630. The first-order chi connectivity index (χ1) is 5.59. The average molecular weight is 248 g/mol. The molecule has 68 valence electrons. The van der Waals surface area contributed by atoms with Crippen molar-refractivity contribution in [3.8, 4) is 0 Å². The fraction of sp³-hybridized carbons (Fsp3) is 0.667. The van der Waals surface area contributed by atoms with Crippen molar-refractivity contribution in [2.75, 3.05) is 0 Å². The van der Waals surface area contributed by atoms with E-state index in [9.17, 15) is 0 Å². The molecular formula is C9H14BrNS. The summed E-state index contributed by atoms with van der Waals surface area (Å²) in [6, 6.07) is 2.19. The van der Waals surface area contributed by atoms with Crippen LogP contribution in [0.3, 0.4) is 0 Å². The van der Waals surface area contributed by atoms with Crippen LogP contribution >= 0.6 is 27.5 Å². The maximum absolute atomic E-state index is 4.27. The Morgan fingerprint density at radius 2 is 2.25 bits per heavy atom. The van der Waals surface area contributed by atoms with Gasteiger partial charge in [-0.05, 0) is 36.9 Å². The van der Waals surface area contributed by atoms with Gasteiger partial charge in [-0.2, -0.15) is 4.37 Å². The summed E-state index contributed by atoms with van der Waals surface area (Å²) in [6.07, 6.45) is 1.18. The highest BCUT2D eigenvalue weighted by atomic mass is 79.9. The molecule has 0 aliphatic carbocycles. The predicted octanol–water partition coefficient (Wildman–Crippen LogP) is 3.73. The van der Waals surface area contributed by atoms with Crippen molar-refractivity contribution in [1.82, 2.24) is 4.37 Å². The zero-order valence-electron chi connectivity index (χ0n) is 7.67. The van der Waals surface area contributed by atoms with Crippen LogP contribution in [-0.2, 0) is 0 Å². The van der Waals surface area contributed by atoms with Crippen molar-refractivity contribution in [3.05, 3.63) is 16.6 Å². The lowest BCUT2D eigenvalue weighted by Crippen LogP contribution is -1.98. The molecule has 0 saturated heterocycles. The van der Waals surface area contributed by atoms with Crippen LogP contribution in [0.25, 0.3) is 0 Å². The van der Waals surface area contributed by atoms with Gasteiger partial charge in [0.05, 0.1) is 5.69 Å². The first kappa shape index (κ1) is 10.2. The topological polar surface area (TPSA) is 12.9 Å². The molecule has 0 spiro atoms. The summed E-state index contributed by atoms with van der Waals surface area (Å²) in [6.45, 7) is 6.49. The maximum atomic E-state index is 4.27. The van der Waals surface area contributed by atoms with Gasteiger partial charge in [0.1, 0.15) is 0 Å². The molecule has 1 aromatic heterocycles. The van der Waals surface area contributed by atoms with E-state index in [1.807, 2.05) is 6.92 Å². The summed E-state index contributed by atoms with van der Waals surface area (Å²) in [4.78, 5) is 1.99. The number of hydrogen-bond donors (Lipinski definition) is 0. The molecule has 1 heterocycles. The van der Waals surface area contributed by atoms with Crippen LogP contribution in [0, 0.1) is 6.92 Å². The smallest absolute Gasteiger partial charge is 0.0514 e. The van der Waals surface area contributed by atoms with E-state index in [4.69, 9.17) is 0 Å². The summed E-state index contributed by atoms with van der Waals surface area (Å²) < 4.78 is 4.27. The first-order valence-electron chi connectivity index (χ1n) is 4.17. The Morgan fingerprint density at radius 3 is 2.67 bits per heavy atom. The van der Waals surface area contributed by atoms with Gasteiger partial charge in [0, 0.05) is 9.70 Å². The third-order valence-corrected chi connectivity index (χ3v) is 3.29. The van der Waals surface area contributed by atoms with E-state index in [1.165, 1.54) is 11.3 Å². The van der Waals surface area contributed by atoms with Crippen molar-refractivity contribution in [2.24, 2.45) is 0 Å². The third kappa shape index (κ3) is 2.87. The minimum atomic E-state index is 0.593. The Kier molecular flexibility index (Phi) is 3.72. The van der Waals surface area contributed by atoms with E-state index in [0.717, 1.165) is 5.69 Å². The van der Waals surface area contributed by atoms with Crippen molar-refractivity contribution in [3.63, 3.8) is 0 Å². The van der Waals surface area contributed by atoms with Gasteiger partial charge in [0.15, 0.2) is 0 Å². The monoisotopic (exact) mass is 247 g/mol. The van der Waals surface area contributed by atoms with E-state index >= 15 is 0 Å². The molecule has 1 rings (SSSR count). The first-order valence-corrected chi connectivity index (χ1v) is 5.85. The van der Waals surface area contributed by atoms with E-state index < -0.39 is 0 Å². The second-order valence-corrected chi connectivity index (χ2v) is 5.69. The molecule has 1 nitrogen and oxygen atoms in total. The normalized spacial score (nSPS) is 16.0.